The average molecular weight is 532 g/mol. The molecule has 0 radical (unpaired) electrons. The first-order valence-electron chi connectivity index (χ1n) is 11.1. The molecule has 11 heteroatoms. The number of hydrogen-bond donors (Lipinski definition) is 1. The van der Waals surface area contributed by atoms with Crippen LogP contribution in [0.3, 0.4) is 0 Å². The summed E-state index contributed by atoms with van der Waals surface area (Å²) >= 11 is 5.82. The maximum Gasteiger partial charge on any atom is 0.335 e. The predicted molar refractivity (Wildman–Crippen MR) is 130 cm³/mol. The number of benzene rings is 2. The summed E-state index contributed by atoms with van der Waals surface area (Å²) in [5, 5.41) is 26.2. The second-order valence-corrected chi connectivity index (χ2v) is 8.59. The molecule has 0 amide bonds. The van der Waals surface area contributed by atoms with Gasteiger partial charge in [-0.1, -0.05) is 29.8 Å². The van der Waals surface area contributed by atoms with E-state index in [2.05, 4.69) is 5.10 Å². The Hall–Kier alpha value is -3.89. The van der Waals surface area contributed by atoms with Crippen molar-refractivity contribution in [3.8, 4) is 22.3 Å². The van der Waals surface area contributed by atoms with Crippen LogP contribution in [-0.2, 0) is 4.74 Å². The van der Waals surface area contributed by atoms with Crippen molar-refractivity contribution < 1.29 is 32.5 Å². The van der Waals surface area contributed by atoms with Crippen molar-refractivity contribution >= 4 is 17.6 Å². The number of carboxylic acids is 1. The van der Waals surface area contributed by atoms with E-state index in [4.69, 9.17) is 21.4 Å². The average Bonchev–Trinajstić information content (AvgIpc) is 3.36. The van der Waals surface area contributed by atoms with Crippen LogP contribution in [0.25, 0.3) is 22.3 Å². The molecule has 0 unspecified atom stereocenters. The minimum Gasteiger partial charge on any atom is -0.618 e. The molecule has 2 heterocycles. The number of ether oxygens (including phenoxy) is 1. The Bertz CT molecular complexity index is 1430. The number of hydrogen-bond acceptors (Lipinski definition) is 4. The third-order valence-corrected chi connectivity index (χ3v) is 6.21. The standard InChI is InChI=1S/C26H21ClF3N3O4/c1-37-11-10-21(32-13-18(12-31-32)15-2-4-16(5-3-15)26(34)35)22-9-6-17(14-33(22)36)23-19(25(29)30)7-8-20(27)24(23)28/h2-9,12-14,21,25H,10-11H2,1H3,(H,34,35)/t21-/m1/s1. The molecular formula is C26H21ClF3N3O4. The van der Waals surface area contributed by atoms with Crippen molar-refractivity contribution in [1.29, 1.82) is 0 Å². The number of methoxy groups -OCH3 is 1. The highest BCUT2D eigenvalue weighted by Gasteiger charge is 2.26. The largest absolute Gasteiger partial charge is 0.618 e. The normalized spacial score (nSPS) is 12.2. The summed E-state index contributed by atoms with van der Waals surface area (Å²) in [6.45, 7) is 0.285. The number of carbonyl (C=O) groups is 1. The molecule has 37 heavy (non-hydrogen) atoms. The van der Waals surface area contributed by atoms with Crippen molar-refractivity contribution in [1.82, 2.24) is 9.78 Å². The SMILES string of the molecule is COCC[C@H](c1ccc(-c2c(C(F)F)ccc(Cl)c2F)c[n+]1[O-])n1cc(-c2ccc(C(=O)O)cc2)cn1. The maximum absolute atomic E-state index is 14.7. The zero-order chi connectivity index (χ0) is 26.7. The molecule has 2 aromatic carbocycles. The van der Waals surface area contributed by atoms with E-state index in [1.807, 2.05) is 0 Å². The van der Waals surface area contributed by atoms with Crippen molar-refractivity contribution in [3.05, 3.63) is 100.0 Å². The Labute approximate surface area is 214 Å². The first-order chi connectivity index (χ1) is 17.7. The Balaban J connectivity index is 1.72. The van der Waals surface area contributed by atoms with Crippen molar-refractivity contribution in [3.63, 3.8) is 0 Å². The zero-order valence-electron chi connectivity index (χ0n) is 19.4. The molecule has 0 bridgehead atoms. The number of pyridine rings is 1. The molecule has 0 aliphatic heterocycles. The van der Waals surface area contributed by atoms with Gasteiger partial charge in [0.15, 0.2) is 6.20 Å². The van der Waals surface area contributed by atoms with Gasteiger partial charge in [0, 0.05) is 49.1 Å². The van der Waals surface area contributed by atoms with E-state index >= 15 is 0 Å². The topological polar surface area (TPSA) is 91.3 Å². The molecule has 0 saturated heterocycles. The van der Waals surface area contributed by atoms with E-state index in [0.717, 1.165) is 23.9 Å². The fourth-order valence-corrected chi connectivity index (χ4v) is 4.20. The van der Waals surface area contributed by atoms with Gasteiger partial charge in [-0.2, -0.15) is 9.83 Å². The number of alkyl halides is 2. The lowest BCUT2D eigenvalue weighted by Gasteiger charge is -2.18. The number of aromatic nitrogens is 3. The fourth-order valence-electron chi connectivity index (χ4n) is 4.05. The molecule has 0 fully saturated rings. The molecule has 0 spiro atoms. The third kappa shape index (κ3) is 5.45. The number of aromatic carboxylic acids is 1. The summed E-state index contributed by atoms with van der Waals surface area (Å²) < 4.78 is 49.1. The summed E-state index contributed by atoms with van der Waals surface area (Å²) in [5.41, 5.74) is 0.748. The van der Waals surface area contributed by atoms with Crippen LogP contribution < -0.4 is 4.73 Å². The van der Waals surface area contributed by atoms with Gasteiger partial charge in [-0.25, -0.2) is 18.0 Å². The van der Waals surface area contributed by atoms with Crippen molar-refractivity contribution in [2.75, 3.05) is 13.7 Å². The maximum atomic E-state index is 14.7. The third-order valence-electron chi connectivity index (χ3n) is 5.92. The van der Waals surface area contributed by atoms with Crippen LogP contribution in [0.15, 0.2) is 67.1 Å². The van der Waals surface area contributed by atoms with Gasteiger partial charge in [0.1, 0.15) is 11.9 Å². The fraction of sp³-hybridized carbons (Fsp3) is 0.192. The molecular weight excluding hydrogens is 511 g/mol. The van der Waals surface area contributed by atoms with Crippen molar-refractivity contribution in [2.45, 2.75) is 18.9 Å². The van der Waals surface area contributed by atoms with E-state index in [1.54, 1.807) is 29.2 Å². The van der Waals surface area contributed by atoms with Crippen LogP contribution in [0.1, 0.15) is 40.5 Å². The highest BCUT2D eigenvalue weighted by molar-refractivity contribution is 6.31. The first kappa shape index (κ1) is 26.2. The van der Waals surface area contributed by atoms with Crippen LogP contribution in [0.5, 0.6) is 0 Å². The molecule has 4 aromatic rings. The summed E-state index contributed by atoms with van der Waals surface area (Å²) in [5.74, 6) is -2.07. The van der Waals surface area contributed by atoms with Gasteiger partial charge in [0.25, 0.3) is 6.43 Å². The van der Waals surface area contributed by atoms with Gasteiger partial charge in [-0.15, -0.1) is 0 Å². The molecule has 0 saturated carbocycles. The van der Waals surface area contributed by atoms with Crippen LogP contribution >= 0.6 is 11.6 Å². The van der Waals surface area contributed by atoms with Gasteiger partial charge in [0.2, 0.25) is 5.69 Å². The van der Waals surface area contributed by atoms with E-state index in [-0.39, 0.29) is 28.5 Å². The summed E-state index contributed by atoms with van der Waals surface area (Å²) in [7, 11) is 1.51. The molecule has 0 aliphatic rings. The number of halogens is 4. The van der Waals surface area contributed by atoms with E-state index in [1.165, 1.54) is 31.4 Å². The molecule has 4 rings (SSSR count). The smallest absolute Gasteiger partial charge is 0.335 e. The van der Waals surface area contributed by atoms with Gasteiger partial charge >= 0.3 is 5.97 Å². The second kappa shape index (κ2) is 11.0. The van der Waals surface area contributed by atoms with Gasteiger partial charge < -0.3 is 15.1 Å². The quantitative estimate of drug-likeness (QED) is 0.214. The molecule has 2 aromatic heterocycles. The molecule has 7 nitrogen and oxygen atoms in total. The van der Waals surface area contributed by atoms with Crippen LogP contribution in [0.4, 0.5) is 13.2 Å². The summed E-state index contributed by atoms with van der Waals surface area (Å²) in [6, 6.07) is 10.6. The lowest BCUT2D eigenvalue weighted by Crippen LogP contribution is -2.36. The van der Waals surface area contributed by atoms with Gasteiger partial charge in [-0.3, -0.25) is 4.68 Å². The summed E-state index contributed by atoms with van der Waals surface area (Å²) in [6.07, 6.45) is 1.70. The lowest BCUT2D eigenvalue weighted by molar-refractivity contribution is -0.615. The zero-order valence-corrected chi connectivity index (χ0v) is 20.2. The first-order valence-corrected chi connectivity index (χ1v) is 11.5. The minimum absolute atomic E-state index is 0.0424. The highest BCUT2D eigenvalue weighted by Crippen LogP contribution is 2.36. The Morgan fingerprint density at radius 1 is 1.14 bits per heavy atom. The van der Waals surface area contributed by atoms with E-state index in [0.29, 0.717) is 16.7 Å². The number of nitrogens with zero attached hydrogens (tertiary/aromatic N) is 3. The monoisotopic (exact) mass is 531 g/mol. The van der Waals surface area contributed by atoms with E-state index in [9.17, 15) is 23.2 Å². The highest BCUT2D eigenvalue weighted by atomic mass is 35.5. The molecule has 1 atom stereocenters. The Kier molecular flexibility index (Phi) is 7.80. The number of rotatable bonds is 9. The Morgan fingerprint density at radius 3 is 2.46 bits per heavy atom. The molecule has 1 N–H and O–H groups in total. The summed E-state index contributed by atoms with van der Waals surface area (Å²) in [4.78, 5) is 11.1. The predicted octanol–water partition coefficient (Wildman–Crippen LogP) is 5.90. The van der Waals surface area contributed by atoms with Gasteiger partial charge in [0.05, 0.1) is 22.3 Å². The van der Waals surface area contributed by atoms with Crippen LogP contribution in [0, 0.1) is 11.0 Å². The minimum atomic E-state index is -2.97. The number of carboxylic acid groups (broad SMARTS) is 1. The van der Waals surface area contributed by atoms with E-state index < -0.39 is 35.4 Å². The van der Waals surface area contributed by atoms with Crippen LogP contribution in [0.2, 0.25) is 5.02 Å². The van der Waals surface area contributed by atoms with Crippen LogP contribution in [-0.4, -0.2) is 34.6 Å². The lowest BCUT2D eigenvalue weighted by atomic mass is 9.99. The Morgan fingerprint density at radius 2 is 1.84 bits per heavy atom. The van der Waals surface area contributed by atoms with Crippen molar-refractivity contribution in [2.24, 2.45) is 0 Å². The molecule has 192 valence electrons. The van der Waals surface area contributed by atoms with Gasteiger partial charge in [-0.05, 0) is 29.8 Å². The molecule has 0 aliphatic carbocycles. The second-order valence-electron chi connectivity index (χ2n) is 8.18.